The first-order valence-electron chi connectivity index (χ1n) is 19.3. The molecule has 0 aliphatic carbocycles. The van der Waals surface area contributed by atoms with Crippen molar-refractivity contribution >= 4 is 19.8 Å². The van der Waals surface area contributed by atoms with E-state index in [0.717, 1.165) is 25.7 Å². The molecule has 51 heavy (non-hydrogen) atoms. The van der Waals surface area contributed by atoms with Crippen molar-refractivity contribution in [2.45, 2.75) is 161 Å². The Kier molecular flexibility index (Phi) is 33.5. The summed E-state index contributed by atoms with van der Waals surface area (Å²) in [6.07, 6.45) is 30.6. The number of aliphatic hydroxyl groups excluding tert-OH is 2. The third-order valence-electron chi connectivity index (χ3n) is 7.91. The van der Waals surface area contributed by atoms with Crippen LogP contribution in [0.4, 0.5) is 0 Å². The molecule has 0 bridgehead atoms. The maximum atomic E-state index is 12.5. The molecule has 1 unspecified atom stereocenters. The summed E-state index contributed by atoms with van der Waals surface area (Å²) in [6.45, 7) is 3.35. The summed E-state index contributed by atoms with van der Waals surface area (Å²) < 4.78 is 32.4. The number of carbonyl (C=O) groups is 2. The largest absolute Gasteiger partial charge is 0.472 e. The number of esters is 2. The third-order valence-corrected chi connectivity index (χ3v) is 8.89. The Morgan fingerprint density at radius 2 is 1.25 bits per heavy atom. The second kappa shape index (κ2) is 34.9. The quantitative estimate of drug-likeness (QED) is 0.0162. The molecule has 0 amide bonds. The molecular weight excluding hydrogens is 673 g/mol. The second-order valence-corrected chi connectivity index (χ2v) is 14.3. The molecule has 12 heteroatoms. The number of phosphoric ester groups is 1. The van der Waals surface area contributed by atoms with E-state index < -0.39 is 44.7 Å². The SMILES string of the molecule is CCCCC/C=C\C[C@@H](O)/C=C/C=C/C=C\[C@@H](O)CCCC(=O)OC[C@H](COP(=O)(O)OCCN)OC(=O)CCCCCCCCCCCCC. The van der Waals surface area contributed by atoms with Crippen molar-refractivity contribution in [2.75, 3.05) is 26.4 Å². The molecule has 0 aromatic heterocycles. The first-order chi connectivity index (χ1) is 24.6. The van der Waals surface area contributed by atoms with Crippen molar-refractivity contribution in [2.24, 2.45) is 5.73 Å². The predicted molar refractivity (Wildman–Crippen MR) is 204 cm³/mol. The van der Waals surface area contributed by atoms with Crippen LogP contribution in [0.25, 0.3) is 0 Å². The fraction of sp³-hybridized carbons (Fsp3) is 0.744. The van der Waals surface area contributed by atoms with E-state index in [0.29, 0.717) is 25.7 Å². The van der Waals surface area contributed by atoms with Crippen LogP contribution in [0.2, 0.25) is 0 Å². The van der Waals surface area contributed by atoms with E-state index in [2.05, 4.69) is 19.9 Å². The third kappa shape index (κ3) is 34.7. The average molecular weight is 744 g/mol. The van der Waals surface area contributed by atoms with E-state index in [1.807, 2.05) is 6.08 Å². The van der Waals surface area contributed by atoms with Crippen molar-refractivity contribution in [3.63, 3.8) is 0 Å². The number of hydrogen-bond donors (Lipinski definition) is 4. The summed E-state index contributed by atoms with van der Waals surface area (Å²) in [5, 5.41) is 20.2. The zero-order valence-corrected chi connectivity index (χ0v) is 32.4. The van der Waals surface area contributed by atoms with Gasteiger partial charge in [0.25, 0.3) is 0 Å². The van der Waals surface area contributed by atoms with Crippen LogP contribution < -0.4 is 5.73 Å². The molecule has 0 saturated carbocycles. The van der Waals surface area contributed by atoms with Crippen LogP contribution in [-0.4, -0.2) is 71.7 Å². The highest BCUT2D eigenvalue weighted by atomic mass is 31.2. The van der Waals surface area contributed by atoms with E-state index in [1.54, 1.807) is 36.5 Å². The van der Waals surface area contributed by atoms with E-state index in [1.165, 1.54) is 64.2 Å². The Bertz CT molecular complexity index is 1020. The van der Waals surface area contributed by atoms with Gasteiger partial charge >= 0.3 is 19.8 Å². The molecular formula is C39H70NO10P. The van der Waals surface area contributed by atoms with Gasteiger partial charge in [0.15, 0.2) is 6.10 Å². The molecule has 5 N–H and O–H groups in total. The highest BCUT2D eigenvalue weighted by Crippen LogP contribution is 2.43. The molecule has 0 heterocycles. The lowest BCUT2D eigenvalue weighted by molar-refractivity contribution is -0.161. The van der Waals surface area contributed by atoms with Gasteiger partial charge in [-0.05, 0) is 38.5 Å². The molecule has 0 radical (unpaired) electrons. The van der Waals surface area contributed by atoms with E-state index in [9.17, 15) is 29.3 Å². The van der Waals surface area contributed by atoms with Crippen LogP contribution >= 0.6 is 7.82 Å². The Hall–Kier alpha value is -2.11. The summed E-state index contributed by atoms with van der Waals surface area (Å²) in [5.41, 5.74) is 5.31. The number of hydrogen-bond acceptors (Lipinski definition) is 10. The Morgan fingerprint density at radius 1 is 0.686 bits per heavy atom. The molecule has 0 rings (SSSR count). The first kappa shape index (κ1) is 48.9. The van der Waals surface area contributed by atoms with Crippen LogP contribution in [-0.2, 0) is 32.7 Å². The van der Waals surface area contributed by atoms with Gasteiger partial charge in [-0.25, -0.2) is 4.57 Å². The van der Waals surface area contributed by atoms with Crippen molar-refractivity contribution < 1.29 is 47.8 Å². The first-order valence-corrected chi connectivity index (χ1v) is 20.8. The maximum absolute atomic E-state index is 12.5. The predicted octanol–water partition coefficient (Wildman–Crippen LogP) is 8.32. The zero-order valence-electron chi connectivity index (χ0n) is 31.5. The van der Waals surface area contributed by atoms with Gasteiger partial charge < -0.3 is 30.3 Å². The highest BCUT2D eigenvalue weighted by molar-refractivity contribution is 7.47. The molecule has 0 fully saturated rings. The fourth-order valence-electron chi connectivity index (χ4n) is 4.94. The standard InChI is InChI=1S/C39H70NO10P/c1-3-5-7-9-11-12-13-14-15-17-23-29-39(44)50-37(34-49-51(45,46)48-32-31-40)33-47-38(43)30-24-28-36(42)27-22-19-18-21-26-35(41)25-20-16-10-8-6-4-2/h16,18-22,26-27,35-37,41-42H,3-15,17,23-25,28-34,40H2,1-2H3,(H,45,46)/b19-18+,20-16-,26-21+,27-22-/t35-,36-,37-/m1/s1. The topological polar surface area (TPSA) is 175 Å². The number of rotatable bonds is 35. The van der Waals surface area contributed by atoms with Crippen LogP contribution in [0.1, 0.15) is 142 Å². The lowest BCUT2D eigenvalue weighted by Gasteiger charge is -2.20. The average Bonchev–Trinajstić information content (AvgIpc) is 3.10. The minimum atomic E-state index is -4.43. The van der Waals surface area contributed by atoms with Crippen molar-refractivity contribution in [1.29, 1.82) is 0 Å². The smallest absolute Gasteiger partial charge is 0.462 e. The Balaban J connectivity index is 4.49. The van der Waals surface area contributed by atoms with Crippen LogP contribution in [0.5, 0.6) is 0 Å². The second-order valence-electron chi connectivity index (χ2n) is 12.9. The maximum Gasteiger partial charge on any atom is 0.472 e. The number of aliphatic hydroxyl groups is 2. The Morgan fingerprint density at radius 3 is 1.88 bits per heavy atom. The number of ether oxygens (including phenoxy) is 2. The lowest BCUT2D eigenvalue weighted by Crippen LogP contribution is -2.29. The van der Waals surface area contributed by atoms with Gasteiger partial charge in [-0.3, -0.25) is 18.6 Å². The van der Waals surface area contributed by atoms with Gasteiger partial charge in [0.2, 0.25) is 0 Å². The summed E-state index contributed by atoms with van der Waals surface area (Å²) in [5.74, 6) is -1.07. The molecule has 0 aromatic rings. The molecule has 0 saturated heterocycles. The van der Waals surface area contributed by atoms with E-state index >= 15 is 0 Å². The minimum absolute atomic E-state index is 0.0179. The molecule has 0 aliphatic heterocycles. The van der Waals surface area contributed by atoms with Gasteiger partial charge in [0.1, 0.15) is 6.61 Å². The summed E-state index contributed by atoms with van der Waals surface area (Å²) >= 11 is 0. The van der Waals surface area contributed by atoms with Crippen molar-refractivity contribution in [3.05, 3.63) is 48.6 Å². The highest BCUT2D eigenvalue weighted by Gasteiger charge is 2.26. The van der Waals surface area contributed by atoms with Gasteiger partial charge in [0.05, 0.1) is 25.4 Å². The molecule has 4 atom stereocenters. The van der Waals surface area contributed by atoms with Gasteiger partial charge in [-0.1, -0.05) is 140 Å². The number of carbonyl (C=O) groups excluding carboxylic acids is 2. The fourth-order valence-corrected chi connectivity index (χ4v) is 5.71. The van der Waals surface area contributed by atoms with Crippen LogP contribution in [0.15, 0.2) is 48.6 Å². The van der Waals surface area contributed by atoms with Crippen molar-refractivity contribution in [1.82, 2.24) is 0 Å². The monoisotopic (exact) mass is 743 g/mol. The van der Waals surface area contributed by atoms with Crippen LogP contribution in [0.3, 0.4) is 0 Å². The summed E-state index contributed by atoms with van der Waals surface area (Å²) in [7, 11) is -4.43. The molecule has 0 aromatic carbocycles. The zero-order chi connectivity index (χ0) is 37.8. The molecule has 0 aliphatic rings. The molecule has 11 nitrogen and oxygen atoms in total. The van der Waals surface area contributed by atoms with Gasteiger partial charge in [-0.2, -0.15) is 0 Å². The van der Waals surface area contributed by atoms with Crippen molar-refractivity contribution in [3.8, 4) is 0 Å². The number of allylic oxidation sites excluding steroid dienone is 5. The van der Waals surface area contributed by atoms with E-state index in [-0.39, 0.29) is 32.6 Å². The normalized spacial score (nSPS) is 15.2. The summed E-state index contributed by atoms with van der Waals surface area (Å²) in [4.78, 5) is 34.7. The molecule has 296 valence electrons. The summed E-state index contributed by atoms with van der Waals surface area (Å²) in [6, 6.07) is 0. The van der Waals surface area contributed by atoms with Gasteiger partial charge in [-0.15, -0.1) is 0 Å². The molecule has 0 spiro atoms. The minimum Gasteiger partial charge on any atom is -0.462 e. The van der Waals surface area contributed by atoms with Gasteiger partial charge in [0, 0.05) is 19.4 Å². The number of nitrogens with two attached hydrogens (primary N) is 1. The number of unbranched alkanes of at least 4 members (excludes halogenated alkanes) is 13. The lowest BCUT2D eigenvalue weighted by atomic mass is 10.1. The Labute approximate surface area is 308 Å². The number of phosphoric acid groups is 1. The van der Waals surface area contributed by atoms with E-state index in [4.69, 9.17) is 24.3 Å². The van der Waals surface area contributed by atoms with Crippen LogP contribution in [0, 0.1) is 0 Å².